The monoisotopic (exact) mass is 301 g/mol. The van der Waals surface area contributed by atoms with Crippen LogP contribution in [-0.2, 0) is 4.79 Å². The summed E-state index contributed by atoms with van der Waals surface area (Å²) in [6.45, 7) is -0.138. The van der Waals surface area contributed by atoms with Crippen LogP contribution in [0.25, 0.3) is 11.0 Å². The fourth-order valence-electron chi connectivity index (χ4n) is 1.89. The number of imidazole rings is 1. The van der Waals surface area contributed by atoms with E-state index in [1.165, 1.54) is 0 Å². The first-order valence-electron chi connectivity index (χ1n) is 6.34. The number of carbonyl (C=O) groups is 1. The molecular weight excluding hydrogens is 290 g/mol. The lowest BCUT2D eigenvalue weighted by atomic mass is 10.3. The number of H-pyrrole nitrogens is 1. The van der Waals surface area contributed by atoms with Crippen LogP contribution in [0.3, 0.4) is 0 Å². The first-order valence-corrected chi connectivity index (χ1v) is 6.72. The highest BCUT2D eigenvalue weighted by Crippen LogP contribution is 2.23. The van der Waals surface area contributed by atoms with E-state index >= 15 is 0 Å². The van der Waals surface area contributed by atoms with Gasteiger partial charge >= 0.3 is 0 Å². The van der Waals surface area contributed by atoms with Crippen LogP contribution in [0.1, 0.15) is 0 Å². The molecule has 5 nitrogen and oxygen atoms in total. The van der Waals surface area contributed by atoms with Crippen molar-refractivity contribution < 1.29 is 9.53 Å². The fourth-order valence-corrected chi connectivity index (χ4v) is 2.08. The van der Waals surface area contributed by atoms with Crippen molar-refractivity contribution in [1.29, 1.82) is 0 Å². The average Bonchev–Trinajstić information content (AvgIpc) is 2.88. The molecule has 2 N–H and O–H groups in total. The number of nitrogens with zero attached hydrogens (tertiary/aromatic N) is 1. The van der Waals surface area contributed by atoms with E-state index in [9.17, 15) is 4.79 Å². The maximum absolute atomic E-state index is 11.8. The van der Waals surface area contributed by atoms with Crippen LogP contribution in [0.5, 0.6) is 5.75 Å². The smallest absolute Gasteiger partial charge is 0.264 e. The average molecular weight is 302 g/mol. The second kappa shape index (κ2) is 5.85. The molecule has 0 atom stereocenters. The molecule has 0 aliphatic carbocycles. The van der Waals surface area contributed by atoms with Gasteiger partial charge in [0.15, 0.2) is 6.61 Å². The number of aromatic amines is 1. The largest absolute Gasteiger partial charge is 0.482 e. The second-order valence-electron chi connectivity index (χ2n) is 4.37. The number of hydrogen-bond acceptors (Lipinski definition) is 3. The summed E-state index contributed by atoms with van der Waals surface area (Å²) in [6.07, 6.45) is 0. The van der Waals surface area contributed by atoms with Crippen molar-refractivity contribution in [3.8, 4) is 5.75 Å². The Bertz CT molecular complexity index is 752. The van der Waals surface area contributed by atoms with Gasteiger partial charge in [-0.15, -0.1) is 0 Å². The number of carbonyl (C=O) groups excluding carboxylic acids is 1. The van der Waals surface area contributed by atoms with E-state index in [4.69, 9.17) is 16.3 Å². The summed E-state index contributed by atoms with van der Waals surface area (Å²) in [5, 5.41) is 3.11. The fraction of sp³-hybridized carbons (Fsp3) is 0.0667. The van der Waals surface area contributed by atoms with Gasteiger partial charge in [-0.1, -0.05) is 35.9 Å². The van der Waals surface area contributed by atoms with E-state index in [0.717, 1.165) is 11.0 Å². The molecule has 2 aromatic carbocycles. The molecule has 0 spiro atoms. The Morgan fingerprint density at radius 2 is 1.95 bits per heavy atom. The van der Waals surface area contributed by atoms with E-state index in [1.54, 1.807) is 24.3 Å². The van der Waals surface area contributed by atoms with Gasteiger partial charge in [-0.2, -0.15) is 0 Å². The molecule has 106 valence electrons. The lowest BCUT2D eigenvalue weighted by Gasteiger charge is -2.06. The standard InChI is InChI=1S/C15H12ClN3O2/c16-10-5-1-4-8-13(10)21-9-14(20)19-15-17-11-6-2-3-7-12(11)18-15/h1-8H,9H2,(H2,17,18,19,20). The molecule has 0 bridgehead atoms. The first kappa shape index (κ1) is 13.5. The molecule has 0 saturated carbocycles. The van der Waals surface area contributed by atoms with Gasteiger partial charge in [-0.3, -0.25) is 10.1 Å². The zero-order valence-electron chi connectivity index (χ0n) is 11.0. The van der Waals surface area contributed by atoms with Crippen molar-refractivity contribution in [3.63, 3.8) is 0 Å². The third kappa shape index (κ3) is 3.14. The second-order valence-corrected chi connectivity index (χ2v) is 4.78. The van der Waals surface area contributed by atoms with Crippen LogP contribution < -0.4 is 10.1 Å². The van der Waals surface area contributed by atoms with Gasteiger partial charge < -0.3 is 9.72 Å². The van der Waals surface area contributed by atoms with Gasteiger partial charge in [0.1, 0.15) is 5.75 Å². The highest BCUT2D eigenvalue weighted by atomic mass is 35.5. The number of anilines is 1. The molecule has 1 aromatic heterocycles. The normalized spacial score (nSPS) is 10.5. The molecule has 6 heteroatoms. The number of aromatic nitrogens is 2. The van der Waals surface area contributed by atoms with Gasteiger partial charge in [0.05, 0.1) is 16.1 Å². The lowest BCUT2D eigenvalue weighted by molar-refractivity contribution is -0.118. The first-order chi connectivity index (χ1) is 10.2. The summed E-state index contributed by atoms with van der Waals surface area (Å²) in [5.74, 6) is 0.553. The number of hydrogen-bond donors (Lipinski definition) is 2. The Balaban J connectivity index is 1.62. The maximum atomic E-state index is 11.8. The Hall–Kier alpha value is -2.53. The zero-order valence-corrected chi connectivity index (χ0v) is 11.7. The summed E-state index contributed by atoms with van der Waals surface area (Å²) in [6, 6.07) is 14.5. The summed E-state index contributed by atoms with van der Waals surface area (Å²) in [5.41, 5.74) is 1.65. The van der Waals surface area contributed by atoms with E-state index in [2.05, 4.69) is 15.3 Å². The van der Waals surface area contributed by atoms with Gasteiger partial charge in [0.2, 0.25) is 5.95 Å². The molecule has 0 saturated heterocycles. The predicted molar refractivity (Wildman–Crippen MR) is 81.7 cm³/mol. The van der Waals surface area contributed by atoms with Crippen LogP contribution in [-0.4, -0.2) is 22.5 Å². The Labute approximate surface area is 125 Å². The van der Waals surface area contributed by atoms with Crippen molar-refractivity contribution in [3.05, 3.63) is 53.6 Å². The number of fused-ring (bicyclic) bond motifs is 1. The van der Waals surface area contributed by atoms with Crippen molar-refractivity contribution >= 4 is 34.5 Å². The minimum Gasteiger partial charge on any atom is -0.482 e. The Morgan fingerprint density at radius 1 is 1.19 bits per heavy atom. The predicted octanol–water partition coefficient (Wildman–Crippen LogP) is 3.23. The zero-order chi connectivity index (χ0) is 14.7. The van der Waals surface area contributed by atoms with Gasteiger partial charge in [0, 0.05) is 0 Å². The Morgan fingerprint density at radius 3 is 2.76 bits per heavy atom. The number of halogens is 1. The van der Waals surface area contributed by atoms with Gasteiger partial charge in [0.25, 0.3) is 5.91 Å². The molecule has 1 heterocycles. The molecule has 3 rings (SSSR count). The van der Waals surface area contributed by atoms with E-state index in [0.29, 0.717) is 16.7 Å². The van der Waals surface area contributed by atoms with Crippen molar-refractivity contribution in [2.45, 2.75) is 0 Å². The van der Waals surface area contributed by atoms with E-state index in [1.807, 2.05) is 24.3 Å². The number of benzene rings is 2. The third-order valence-electron chi connectivity index (χ3n) is 2.84. The third-order valence-corrected chi connectivity index (χ3v) is 3.15. The minimum atomic E-state index is -0.311. The molecule has 0 aliphatic heterocycles. The van der Waals surface area contributed by atoms with Crippen molar-refractivity contribution in [1.82, 2.24) is 9.97 Å². The van der Waals surface area contributed by atoms with E-state index in [-0.39, 0.29) is 12.5 Å². The summed E-state index contributed by atoms with van der Waals surface area (Å²) in [7, 11) is 0. The van der Waals surface area contributed by atoms with Gasteiger partial charge in [-0.25, -0.2) is 4.98 Å². The van der Waals surface area contributed by atoms with Crippen LogP contribution in [0.2, 0.25) is 5.02 Å². The Kier molecular flexibility index (Phi) is 3.75. The van der Waals surface area contributed by atoms with Crippen LogP contribution >= 0.6 is 11.6 Å². The van der Waals surface area contributed by atoms with Crippen LogP contribution in [0, 0.1) is 0 Å². The molecule has 1 amide bonds. The van der Waals surface area contributed by atoms with Gasteiger partial charge in [-0.05, 0) is 24.3 Å². The highest BCUT2D eigenvalue weighted by Gasteiger charge is 2.08. The summed E-state index contributed by atoms with van der Waals surface area (Å²) >= 11 is 5.95. The summed E-state index contributed by atoms with van der Waals surface area (Å²) < 4.78 is 5.36. The molecule has 0 fully saturated rings. The highest BCUT2D eigenvalue weighted by molar-refractivity contribution is 6.32. The van der Waals surface area contributed by atoms with Crippen LogP contribution in [0.4, 0.5) is 5.95 Å². The quantitative estimate of drug-likeness (QED) is 0.777. The number of para-hydroxylation sites is 3. The summed E-state index contributed by atoms with van der Waals surface area (Å²) in [4.78, 5) is 19.1. The molecule has 0 radical (unpaired) electrons. The minimum absolute atomic E-state index is 0.138. The molecule has 21 heavy (non-hydrogen) atoms. The number of amides is 1. The van der Waals surface area contributed by atoms with Crippen molar-refractivity contribution in [2.24, 2.45) is 0 Å². The number of nitrogens with one attached hydrogen (secondary N) is 2. The lowest BCUT2D eigenvalue weighted by Crippen LogP contribution is -2.20. The number of ether oxygens (including phenoxy) is 1. The van der Waals surface area contributed by atoms with E-state index < -0.39 is 0 Å². The van der Waals surface area contributed by atoms with Crippen LogP contribution in [0.15, 0.2) is 48.5 Å². The topological polar surface area (TPSA) is 67.0 Å². The van der Waals surface area contributed by atoms with Crippen molar-refractivity contribution in [2.75, 3.05) is 11.9 Å². The molecule has 0 unspecified atom stereocenters. The molecule has 3 aromatic rings. The SMILES string of the molecule is O=C(COc1ccccc1Cl)Nc1nc2ccccc2[nH]1. The maximum Gasteiger partial charge on any atom is 0.264 e. The number of rotatable bonds is 4. The molecule has 0 aliphatic rings. The molecular formula is C15H12ClN3O2.